The lowest BCUT2D eigenvalue weighted by Gasteiger charge is -2.10. The van der Waals surface area contributed by atoms with Crippen LogP contribution >= 0.6 is 0 Å². The first-order chi connectivity index (χ1) is 12.4. The van der Waals surface area contributed by atoms with Gasteiger partial charge in [-0.1, -0.05) is 18.2 Å². The third-order valence-corrected chi connectivity index (χ3v) is 4.47. The van der Waals surface area contributed by atoms with Crippen molar-refractivity contribution in [3.63, 3.8) is 0 Å². The number of anilines is 3. The molecule has 25 heavy (non-hydrogen) atoms. The second kappa shape index (κ2) is 5.63. The second-order valence-electron chi connectivity index (χ2n) is 6.10. The Kier molecular flexibility index (Phi) is 3.16. The zero-order valence-corrected chi connectivity index (χ0v) is 13.5. The summed E-state index contributed by atoms with van der Waals surface area (Å²) in [6.07, 6.45) is 6.81. The first-order valence-corrected chi connectivity index (χ1v) is 8.31. The molecule has 0 amide bonds. The van der Waals surface area contributed by atoms with Crippen molar-refractivity contribution >= 4 is 22.8 Å². The van der Waals surface area contributed by atoms with Crippen molar-refractivity contribution in [2.24, 2.45) is 0 Å². The molecule has 121 valence electrons. The van der Waals surface area contributed by atoms with E-state index in [0.29, 0.717) is 0 Å². The topological polar surface area (TPSA) is 54.2 Å². The molecule has 2 aromatic heterocycles. The highest BCUT2D eigenvalue weighted by molar-refractivity contribution is 5.75. The van der Waals surface area contributed by atoms with Gasteiger partial charge >= 0.3 is 0 Å². The minimum atomic E-state index is 0.743. The summed E-state index contributed by atoms with van der Waals surface area (Å²) in [4.78, 5) is 9.27. The van der Waals surface area contributed by atoms with Gasteiger partial charge in [-0.2, -0.15) is 0 Å². The van der Waals surface area contributed by atoms with E-state index in [-0.39, 0.29) is 0 Å². The number of fused-ring (bicyclic) bond motifs is 2. The molecule has 0 bridgehead atoms. The summed E-state index contributed by atoms with van der Waals surface area (Å²) < 4.78 is 2.01. The molecule has 0 unspecified atom stereocenters. The lowest BCUT2D eigenvalue weighted by atomic mass is 10.1. The predicted octanol–water partition coefficient (Wildman–Crippen LogP) is 3.91. The summed E-state index contributed by atoms with van der Waals surface area (Å²) in [7, 11) is 0. The lowest BCUT2D eigenvalue weighted by Crippen LogP contribution is -2.00. The molecule has 1 aliphatic heterocycles. The van der Waals surface area contributed by atoms with Gasteiger partial charge in [-0.25, -0.2) is 9.97 Å². The highest BCUT2D eigenvalue weighted by atomic mass is 15.1. The number of rotatable bonds is 3. The van der Waals surface area contributed by atoms with E-state index >= 15 is 0 Å². The van der Waals surface area contributed by atoms with Crippen LogP contribution < -0.4 is 10.6 Å². The number of imidazole rings is 1. The van der Waals surface area contributed by atoms with Crippen LogP contribution in [0.1, 0.15) is 5.56 Å². The van der Waals surface area contributed by atoms with Crippen LogP contribution in [-0.4, -0.2) is 20.9 Å². The summed E-state index contributed by atoms with van der Waals surface area (Å²) in [5.41, 5.74) is 6.38. The summed E-state index contributed by atoms with van der Waals surface area (Å²) >= 11 is 0. The average Bonchev–Trinajstić information content (AvgIpc) is 3.31. The Morgan fingerprint density at radius 1 is 1.16 bits per heavy atom. The number of aromatic nitrogens is 3. The van der Waals surface area contributed by atoms with Crippen LogP contribution in [0, 0.1) is 6.07 Å². The number of hydrogen-bond acceptors (Lipinski definition) is 4. The van der Waals surface area contributed by atoms with E-state index in [2.05, 4.69) is 39.9 Å². The fourth-order valence-electron chi connectivity index (χ4n) is 3.23. The van der Waals surface area contributed by atoms with Gasteiger partial charge in [0.1, 0.15) is 0 Å². The molecule has 2 N–H and O–H groups in total. The third-order valence-electron chi connectivity index (χ3n) is 4.47. The highest BCUT2D eigenvalue weighted by Crippen LogP contribution is 2.29. The fourth-order valence-corrected chi connectivity index (χ4v) is 3.23. The Bertz CT molecular complexity index is 1050. The Morgan fingerprint density at radius 3 is 3.00 bits per heavy atom. The first kappa shape index (κ1) is 14.0. The third kappa shape index (κ3) is 2.50. The molecule has 0 spiro atoms. The molecule has 1 aliphatic rings. The molecular weight excluding hydrogens is 310 g/mol. The van der Waals surface area contributed by atoms with Crippen molar-refractivity contribution < 1.29 is 0 Å². The Morgan fingerprint density at radius 2 is 2.08 bits per heavy atom. The molecule has 5 heteroatoms. The normalized spacial score (nSPS) is 12.8. The molecule has 5 rings (SSSR count). The van der Waals surface area contributed by atoms with Gasteiger partial charge in [-0.05, 0) is 42.3 Å². The van der Waals surface area contributed by atoms with E-state index in [1.54, 1.807) is 6.20 Å². The van der Waals surface area contributed by atoms with E-state index in [4.69, 9.17) is 4.98 Å². The summed E-state index contributed by atoms with van der Waals surface area (Å²) in [6, 6.07) is 17.2. The monoisotopic (exact) mass is 326 g/mol. The molecular formula is C20H16N5. The van der Waals surface area contributed by atoms with Gasteiger partial charge in [0.15, 0.2) is 11.5 Å². The predicted molar refractivity (Wildman–Crippen MR) is 99.2 cm³/mol. The van der Waals surface area contributed by atoms with Crippen LogP contribution in [-0.2, 0) is 6.42 Å². The summed E-state index contributed by atoms with van der Waals surface area (Å²) in [5, 5.41) is 6.77. The SMILES string of the molecule is [c]1ccc(Nc2nc(-c3ccc4c(c3)CCN4)cn3ccnc23)cc1. The first-order valence-electron chi connectivity index (χ1n) is 8.31. The Hall–Kier alpha value is -3.34. The highest BCUT2D eigenvalue weighted by Gasteiger charge is 2.13. The van der Waals surface area contributed by atoms with Gasteiger partial charge in [0.25, 0.3) is 0 Å². The maximum atomic E-state index is 4.84. The quantitative estimate of drug-likeness (QED) is 0.599. The molecule has 0 saturated carbocycles. The number of benzene rings is 2. The van der Waals surface area contributed by atoms with E-state index in [1.165, 1.54) is 11.3 Å². The number of nitrogens with one attached hydrogen (secondary N) is 2. The van der Waals surface area contributed by atoms with Gasteiger partial charge in [0.2, 0.25) is 0 Å². The molecule has 0 aliphatic carbocycles. The zero-order chi connectivity index (χ0) is 16.6. The standard InChI is InChI=1S/C20H16N5/c1-2-4-16(5-3-1)23-19-20-22-10-11-25(20)13-18(24-19)14-6-7-17-15(12-14)8-9-21-17/h2-7,10-13,21H,8-9H2,(H,23,24). The van der Waals surface area contributed by atoms with Crippen molar-refractivity contribution in [3.8, 4) is 11.3 Å². The van der Waals surface area contributed by atoms with Crippen LogP contribution in [0.5, 0.6) is 0 Å². The molecule has 0 saturated heterocycles. The van der Waals surface area contributed by atoms with Crippen molar-refractivity contribution in [2.45, 2.75) is 6.42 Å². The maximum absolute atomic E-state index is 4.84. The number of nitrogens with zero attached hydrogens (tertiary/aromatic N) is 3. The van der Waals surface area contributed by atoms with Crippen LogP contribution in [0.3, 0.4) is 0 Å². The summed E-state index contributed by atoms with van der Waals surface area (Å²) in [6.45, 7) is 1.00. The van der Waals surface area contributed by atoms with Crippen molar-refractivity contribution in [1.29, 1.82) is 0 Å². The maximum Gasteiger partial charge on any atom is 0.180 e. The number of hydrogen-bond donors (Lipinski definition) is 2. The largest absolute Gasteiger partial charge is 0.384 e. The van der Waals surface area contributed by atoms with Gasteiger partial charge in [-0.3, -0.25) is 0 Å². The van der Waals surface area contributed by atoms with Crippen molar-refractivity contribution in [3.05, 3.63) is 72.7 Å². The van der Waals surface area contributed by atoms with Crippen LogP contribution in [0.4, 0.5) is 17.2 Å². The smallest absolute Gasteiger partial charge is 0.180 e. The van der Waals surface area contributed by atoms with E-state index in [0.717, 1.165) is 41.4 Å². The van der Waals surface area contributed by atoms with Crippen LogP contribution in [0.25, 0.3) is 16.9 Å². The Balaban J connectivity index is 1.62. The zero-order valence-electron chi connectivity index (χ0n) is 13.5. The second-order valence-corrected chi connectivity index (χ2v) is 6.10. The van der Waals surface area contributed by atoms with Crippen molar-refractivity contribution in [1.82, 2.24) is 14.4 Å². The minimum absolute atomic E-state index is 0.743. The molecule has 3 heterocycles. The van der Waals surface area contributed by atoms with Crippen LogP contribution in [0.15, 0.2) is 61.1 Å². The Labute approximate surface area is 145 Å². The van der Waals surface area contributed by atoms with Gasteiger partial charge in [0, 0.05) is 42.1 Å². The molecule has 2 aromatic carbocycles. The van der Waals surface area contributed by atoms with Gasteiger partial charge in [-0.15, -0.1) is 0 Å². The fraction of sp³-hybridized carbons (Fsp3) is 0.100. The van der Waals surface area contributed by atoms with E-state index < -0.39 is 0 Å². The molecule has 1 radical (unpaired) electrons. The van der Waals surface area contributed by atoms with E-state index in [9.17, 15) is 0 Å². The summed E-state index contributed by atoms with van der Waals surface area (Å²) in [5.74, 6) is 0.743. The molecule has 0 fully saturated rings. The van der Waals surface area contributed by atoms with E-state index in [1.807, 2.05) is 41.1 Å². The molecule has 5 nitrogen and oxygen atoms in total. The average molecular weight is 326 g/mol. The van der Waals surface area contributed by atoms with Crippen LogP contribution in [0.2, 0.25) is 0 Å². The molecule has 4 aromatic rings. The van der Waals surface area contributed by atoms with Crippen molar-refractivity contribution in [2.75, 3.05) is 17.2 Å². The molecule has 0 atom stereocenters. The van der Waals surface area contributed by atoms with Gasteiger partial charge < -0.3 is 15.0 Å². The van der Waals surface area contributed by atoms with Gasteiger partial charge in [0.05, 0.1) is 5.69 Å². The lowest BCUT2D eigenvalue weighted by molar-refractivity contribution is 1.10. The minimum Gasteiger partial charge on any atom is -0.384 e.